The normalized spacial score (nSPS) is 18.3. The second kappa shape index (κ2) is 6.83. The molecule has 1 aliphatic rings. The number of carbonyl (C=O) groups is 1. The summed E-state index contributed by atoms with van der Waals surface area (Å²) >= 11 is 0. The Morgan fingerprint density at radius 3 is 2.67 bits per heavy atom. The smallest absolute Gasteiger partial charge is 0.308 e. The van der Waals surface area contributed by atoms with Crippen molar-refractivity contribution in [2.24, 2.45) is 5.92 Å². The van der Waals surface area contributed by atoms with E-state index in [1.165, 1.54) is 6.42 Å². The lowest BCUT2D eigenvalue weighted by atomic mass is 9.86. The maximum absolute atomic E-state index is 11.5. The van der Waals surface area contributed by atoms with E-state index in [0.717, 1.165) is 32.2 Å². The van der Waals surface area contributed by atoms with E-state index in [1.54, 1.807) is 0 Å². The van der Waals surface area contributed by atoms with Crippen LogP contribution in [-0.4, -0.2) is 25.2 Å². The Hall–Kier alpha value is -0.570. The molecule has 1 aliphatic carbocycles. The van der Waals surface area contributed by atoms with Gasteiger partial charge in [0.1, 0.15) is 6.61 Å². The predicted molar refractivity (Wildman–Crippen MR) is 60.7 cm³/mol. The standard InChI is InChI=1S/C12H23NO2/c1-3-8-13-11(4-2)9-15-12(14)10-6-5-7-10/h10-11,13H,3-9H2,1-2H3. The number of esters is 1. The summed E-state index contributed by atoms with van der Waals surface area (Å²) in [7, 11) is 0. The average Bonchev–Trinajstić information content (AvgIpc) is 2.15. The Morgan fingerprint density at radius 2 is 2.20 bits per heavy atom. The molecule has 0 saturated heterocycles. The topological polar surface area (TPSA) is 38.3 Å². The number of carbonyl (C=O) groups excluding carboxylic acids is 1. The van der Waals surface area contributed by atoms with Crippen molar-refractivity contribution >= 4 is 5.97 Å². The molecule has 1 rings (SSSR count). The van der Waals surface area contributed by atoms with Crippen LogP contribution >= 0.6 is 0 Å². The van der Waals surface area contributed by atoms with Crippen LogP contribution in [0.15, 0.2) is 0 Å². The molecule has 1 atom stereocenters. The van der Waals surface area contributed by atoms with Gasteiger partial charge in [-0.1, -0.05) is 20.3 Å². The summed E-state index contributed by atoms with van der Waals surface area (Å²) in [4.78, 5) is 11.5. The third-order valence-corrected chi connectivity index (χ3v) is 3.04. The van der Waals surface area contributed by atoms with Crippen molar-refractivity contribution in [3.63, 3.8) is 0 Å². The maximum Gasteiger partial charge on any atom is 0.308 e. The van der Waals surface area contributed by atoms with Crippen LogP contribution in [-0.2, 0) is 9.53 Å². The largest absolute Gasteiger partial charge is 0.464 e. The van der Waals surface area contributed by atoms with Crippen molar-refractivity contribution in [1.29, 1.82) is 0 Å². The average molecular weight is 213 g/mol. The molecule has 3 nitrogen and oxygen atoms in total. The van der Waals surface area contributed by atoms with E-state index in [-0.39, 0.29) is 11.9 Å². The molecule has 0 radical (unpaired) electrons. The minimum Gasteiger partial charge on any atom is -0.464 e. The van der Waals surface area contributed by atoms with Crippen LogP contribution in [0, 0.1) is 5.92 Å². The summed E-state index contributed by atoms with van der Waals surface area (Å²) in [5.41, 5.74) is 0. The summed E-state index contributed by atoms with van der Waals surface area (Å²) in [6.07, 6.45) is 5.37. The first-order chi connectivity index (χ1) is 7.27. The number of nitrogens with one attached hydrogen (secondary N) is 1. The molecule has 1 fully saturated rings. The van der Waals surface area contributed by atoms with Crippen molar-refractivity contribution < 1.29 is 9.53 Å². The van der Waals surface area contributed by atoms with E-state index in [4.69, 9.17) is 4.74 Å². The first kappa shape index (κ1) is 12.5. The van der Waals surface area contributed by atoms with Crippen molar-refractivity contribution in [2.75, 3.05) is 13.2 Å². The molecule has 0 spiro atoms. The zero-order chi connectivity index (χ0) is 11.1. The molecule has 0 bridgehead atoms. The van der Waals surface area contributed by atoms with Crippen LogP contribution in [0.5, 0.6) is 0 Å². The Balaban J connectivity index is 2.12. The summed E-state index contributed by atoms with van der Waals surface area (Å²) in [5, 5.41) is 3.37. The van der Waals surface area contributed by atoms with Crippen LogP contribution in [0.1, 0.15) is 46.0 Å². The lowest BCUT2D eigenvalue weighted by Gasteiger charge is -2.24. The van der Waals surface area contributed by atoms with Crippen molar-refractivity contribution in [1.82, 2.24) is 5.32 Å². The zero-order valence-electron chi connectivity index (χ0n) is 9.92. The first-order valence-corrected chi connectivity index (χ1v) is 6.18. The third-order valence-electron chi connectivity index (χ3n) is 3.04. The molecule has 0 aliphatic heterocycles. The fraction of sp³-hybridized carbons (Fsp3) is 0.917. The number of hydrogen-bond donors (Lipinski definition) is 1. The highest BCUT2D eigenvalue weighted by molar-refractivity contribution is 5.73. The van der Waals surface area contributed by atoms with E-state index < -0.39 is 0 Å². The number of rotatable bonds is 7. The van der Waals surface area contributed by atoms with Gasteiger partial charge in [0.25, 0.3) is 0 Å². The zero-order valence-corrected chi connectivity index (χ0v) is 9.92. The molecule has 15 heavy (non-hydrogen) atoms. The van der Waals surface area contributed by atoms with Gasteiger partial charge >= 0.3 is 5.97 Å². The molecule has 0 amide bonds. The molecule has 0 aromatic carbocycles. The molecule has 1 unspecified atom stereocenters. The summed E-state index contributed by atoms with van der Waals surface area (Å²) in [5.74, 6) is 0.215. The molecule has 0 aromatic heterocycles. The van der Waals surface area contributed by atoms with Gasteiger partial charge < -0.3 is 10.1 Å². The minimum absolute atomic E-state index is 0.0120. The fourth-order valence-corrected chi connectivity index (χ4v) is 1.61. The van der Waals surface area contributed by atoms with Gasteiger partial charge in [-0.15, -0.1) is 0 Å². The Kier molecular flexibility index (Phi) is 5.69. The molecule has 88 valence electrons. The SMILES string of the molecule is CCCNC(CC)COC(=O)C1CCC1. The molecule has 3 heteroatoms. The molecule has 1 saturated carbocycles. The van der Waals surface area contributed by atoms with Gasteiger partial charge in [-0.25, -0.2) is 0 Å². The Bertz CT molecular complexity index is 190. The maximum atomic E-state index is 11.5. The Morgan fingerprint density at radius 1 is 1.47 bits per heavy atom. The van der Waals surface area contributed by atoms with Gasteiger partial charge in [0.2, 0.25) is 0 Å². The summed E-state index contributed by atoms with van der Waals surface area (Å²) < 4.78 is 5.29. The molecule has 0 heterocycles. The molecule has 1 N–H and O–H groups in total. The quantitative estimate of drug-likeness (QED) is 0.658. The van der Waals surface area contributed by atoms with E-state index in [9.17, 15) is 4.79 Å². The van der Waals surface area contributed by atoms with Crippen LogP contribution in [0.3, 0.4) is 0 Å². The van der Waals surface area contributed by atoms with Crippen molar-refractivity contribution in [2.45, 2.75) is 52.0 Å². The lowest BCUT2D eigenvalue weighted by Crippen LogP contribution is -2.36. The van der Waals surface area contributed by atoms with E-state index in [0.29, 0.717) is 12.6 Å². The number of ether oxygens (including phenoxy) is 1. The minimum atomic E-state index is 0.0120. The third kappa shape index (κ3) is 4.20. The van der Waals surface area contributed by atoms with E-state index in [2.05, 4.69) is 19.2 Å². The monoisotopic (exact) mass is 213 g/mol. The van der Waals surface area contributed by atoms with Gasteiger partial charge in [-0.2, -0.15) is 0 Å². The predicted octanol–water partition coefficient (Wildman–Crippen LogP) is 2.11. The van der Waals surface area contributed by atoms with Crippen LogP contribution < -0.4 is 5.32 Å². The molecular weight excluding hydrogens is 190 g/mol. The second-order valence-corrected chi connectivity index (χ2v) is 4.32. The van der Waals surface area contributed by atoms with Gasteiger partial charge in [-0.05, 0) is 32.2 Å². The summed E-state index contributed by atoms with van der Waals surface area (Å²) in [6.45, 7) is 5.79. The highest BCUT2D eigenvalue weighted by Gasteiger charge is 2.26. The van der Waals surface area contributed by atoms with Gasteiger partial charge in [0.05, 0.1) is 5.92 Å². The highest BCUT2D eigenvalue weighted by Crippen LogP contribution is 2.27. The lowest BCUT2D eigenvalue weighted by molar-refractivity contribution is -0.152. The first-order valence-electron chi connectivity index (χ1n) is 6.18. The van der Waals surface area contributed by atoms with Crippen LogP contribution in [0.25, 0.3) is 0 Å². The van der Waals surface area contributed by atoms with Crippen molar-refractivity contribution in [3.8, 4) is 0 Å². The number of hydrogen-bond acceptors (Lipinski definition) is 3. The van der Waals surface area contributed by atoms with Gasteiger partial charge in [-0.3, -0.25) is 4.79 Å². The van der Waals surface area contributed by atoms with E-state index in [1.807, 2.05) is 0 Å². The Labute approximate surface area is 92.6 Å². The van der Waals surface area contributed by atoms with Crippen molar-refractivity contribution in [3.05, 3.63) is 0 Å². The summed E-state index contributed by atoms with van der Waals surface area (Å²) in [6, 6.07) is 0.328. The molecule has 0 aromatic rings. The molecular formula is C12H23NO2. The van der Waals surface area contributed by atoms with Gasteiger partial charge in [0, 0.05) is 6.04 Å². The second-order valence-electron chi connectivity index (χ2n) is 4.32. The van der Waals surface area contributed by atoms with Gasteiger partial charge in [0.15, 0.2) is 0 Å². The van der Waals surface area contributed by atoms with Crippen LogP contribution in [0.4, 0.5) is 0 Å². The fourth-order valence-electron chi connectivity index (χ4n) is 1.61. The van der Waals surface area contributed by atoms with E-state index >= 15 is 0 Å². The van der Waals surface area contributed by atoms with Crippen LogP contribution in [0.2, 0.25) is 0 Å². The highest BCUT2D eigenvalue weighted by atomic mass is 16.5.